The fraction of sp³-hybridized carbons (Fsp3) is 0.435. The van der Waals surface area contributed by atoms with Crippen molar-refractivity contribution >= 4 is 11.9 Å². The average Bonchev–Trinajstić information content (AvgIpc) is 3.39. The van der Waals surface area contributed by atoms with E-state index >= 15 is 0 Å². The zero-order valence-corrected chi connectivity index (χ0v) is 18.6. The van der Waals surface area contributed by atoms with Gasteiger partial charge in [-0.3, -0.25) is 4.79 Å². The number of fused-ring (bicyclic) bond motifs is 2. The number of anilines is 1. The zero-order valence-electron chi connectivity index (χ0n) is 18.6. The highest BCUT2D eigenvalue weighted by atomic mass is 16.5. The van der Waals surface area contributed by atoms with Crippen LogP contribution in [0.1, 0.15) is 41.5 Å². The smallest absolute Gasteiger partial charge is 0.261 e. The van der Waals surface area contributed by atoms with Crippen LogP contribution in [0.15, 0.2) is 36.8 Å². The standard InChI is InChI=1S/C23H27N7O2/c1-4-32-19-8-10-24-21(29-11-5-9-25-29)20(19)22(31)28-13-17-6-7-18(14-28)30(17)23-26-15(2)12-16(3)27-23/h5,8-12,17-18H,4,6-7,13-14H2,1-3H3. The van der Waals surface area contributed by atoms with Crippen LogP contribution in [-0.4, -0.2) is 67.3 Å². The highest BCUT2D eigenvalue weighted by Crippen LogP contribution is 2.35. The number of carbonyl (C=O) groups is 1. The largest absolute Gasteiger partial charge is 0.493 e. The lowest BCUT2D eigenvalue weighted by Gasteiger charge is -2.41. The quantitative estimate of drug-likeness (QED) is 0.611. The summed E-state index contributed by atoms with van der Waals surface area (Å²) in [6.07, 6.45) is 7.14. The van der Waals surface area contributed by atoms with Gasteiger partial charge in [0.1, 0.15) is 11.3 Å². The van der Waals surface area contributed by atoms with Crippen molar-refractivity contribution in [3.8, 4) is 11.6 Å². The molecule has 3 aromatic heterocycles. The van der Waals surface area contributed by atoms with E-state index in [1.54, 1.807) is 29.3 Å². The number of aryl methyl sites for hydroxylation is 2. The van der Waals surface area contributed by atoms with Crippen molar-refractivity contribution in [3.63, 3.8) is 0 Å². The topological polar surface area (TPSA) is 89.3 Å². The van der Waals surface area contributed by atoms with Crippen LogP contribution >= 0.6 is 0 Å². The first-order valence-corrected chi connectivity index (χ1v) is 11.1. The molecule has 32 heavy (non-hydrogen) atoms. The van der Waals surface area contributed by atoms with Gasteiger partial charge in [-0.05, 0) is 51.8 Å². The van der Waals surface area contributed by atoms with E-state index < -0.39 is 0 Å². The molecule has 9 nitrogen and oxygen atoms in total. The molecule has 0 aliphatic carbocycles. The van der Waals surface area contributed by atoms with Gasteiger partial charge in [-0.15, -0.1) is 0 Å². The van der Waals surface area contributed by atoms with Crippen molar-refractivity contribution in [3.05, 3.63) is 53.7 Å². The van der Waals surface area contributed by atoms with Gasteiger partial charge in [-0.1, -0.05) is 0 Å². The molecule has 2 saturated heterocycles. The monoisotopic (exact) mass is 433 g/mol. The minimum atomic E-state index is -0.0788. The molecule has 5 rings (SSSR count). The lowest BCUT2D eigenvalue weighted by atomic mass is 10.1. The number of hydrogen-bond donors (Lipinski definition) is 0. The summed E-state index contributed by atoms with van der Waals surface area (Å²) in [4.78, 5) is 31.9. The second kappa shape index (κ2) is 8.22. The number of piperazine rings is 1. The van der Waals surface area contributed by atoms with Crippen molar-refractivity contribution < 1.29 is 9.53 Å². The van der Waals surface area contributed by atoms with Crippen LogP contribution in [0.3, 0.4) is 0 Å². The maximum atomic E-state index is 13.8. The van der Waals surface area contributed by atoms with Crippen LogP contribution in [0, 0.1) is 13.8 Å². The Morgan fingerprint density at radius 1 is 1.12 bits per heavy atom. The number of pyridine rings is 1. The SMILES string of the molecule is CCOc1ccnc(-n2cccn2)c1C(=O)N1CC2CCC(C1)N2c1nc(C)cc(C)n1. The Morgan fingerprint density at radius 2 is 1.84 bits per heavy atom. The molecule has 2 unspecified atom stereocenters. The minimum absolute atomic E-state index is 0.0788. The van der Waals surface area contributed by atoms with E-state index in [0.29, 0.717) is 36.8 Å². The van der Waals surface area contributed by atoms with Crippen LogP contribution < -0.4 is 9.64 Å². The number of likely N-dealkylation sites (tertiary alicyclic amines) is 1. The van der Waals surface area contributed by atoms with Crippen LogP contribution in [0.25, 0.3) is 5.82 Å². The molecule has 5 heterocycles. The first kappa shape index (κ1) is 20.4. The summed E-state index contributed by atoms with van der Waals surface area (Å²) >= 11 is 0. The Morgan fingerprint density at radius 3 is 2.47 bits per heavy atom. The summed E-state index contributed by atoms with van der Waals surface area (Å²) < 4.78 is 7.43. The van der Waals surface area contributed by atoms with Gasteiger partial charge in [0.05, 0.1) is 6.61 Å². The maximum Gasteiger partial charge on any atom is 0.261 e. The summed E-state index contributed by atoms with van der Waals surface area (Å²) in [6, 6.07) is 5.93. The summed E-state index contributed by atoms with van der Waals surface area (Å²) in [6.45, 7) is 7.59. The van der Waals surface area contributed by atoms with Crippen molar-refractivity contribution in [2.45, 2.75) is 45.7 Å². The van der Waals surface area contributed by atoms with Gasteiger partial charge in [0.25, 0.3) is 5.91 Å². The van der Waals surface area contributed by atoms with E-state index in [4.69, 9.17) is 4.74 Å². The molecule has 1 amide bonds. The van der Waals surface area contributed by atoms with E-state index in [2.05, 4.69) is 25.0 Å². The van der Waals surface area contributed by atoms with Crippen LogP contribution in [-0.2, 0) is 0 Å². The summed E-state index contributed by atoms with van der Waals surface area (Å²) in [5.74, 6) is 1.71. The molecule has 2 atom stereocenters. The van der Waals surface area contributed by atoms with Gasteiger partial charge in [-0.25, -0.2) is 19.6 Å². The van der Waals surface area contributed by atoms with Crippen molar-refractivity contribution in [2.24, 2.45) is 0 Å². The molecule has 2 aliphatic rings. The summed E-state index contributed by atoms with van der Waals surface area (Å²) in [5.41, 5.74) is 2.38. The molecule has 0 N–H and O–H groups in total. The molecule has 9 heteroatoms. The normalized spacial score (nSPS) is 20.0. The van der Waals surface area contributed by atoms with E-state index in [1.165, 1.54) is 0 Å². The lowest BCUT2D eigenvalue weighted by molar-refractivity contribution is 0.0712. The van der Waals surface area contributed by atoms with Gasteiger partial charge in [0.2, 0.25) is 5.95 Å². The van der Waals surface area contributed by atoms with Crippen LogP contribution in [0.2, 0.25) is 0 Å². The molecular weight excluding hydrogens is 406 g/mol. The van der Waals surface area contributed by atoms with Crippen molar-refractivity contribution in [1.82, 2.24) is 29.6 Å². The highest BCUT2D eigenvalue weighted by molar-refractivity contribution is 6.00. The fourth-order valence-corrected chi connectivity index (χ4v) is 4.85. The van der Waals surface area contributed by atoms with Gasteiger partial charge in [0.15, 0.2) is 5.82 Å². The predicted octanol–water partition coefficient (Wildman–Crippen LogP) is 2.57. The fourth-order valence-electron chi connectivity index (χ4n) is 4.85. The Bertz CT molecular complexity index is 1100. The second-order valence-electron chi connectivity index (χ2n) is 8.34. The Hall–Kier alpha value is -3.49. The number of nitrogens with zero attached hydrogens (tertiary/aromatic N) is 7. The predicted molar refractivity (Wildman–Crippen MR) is 119 cm³/mol. The average molecular weight is 434 g/mol. The molecule has 0 aromatic carbocycles. The number of aromatic nitrogens is 5. The van der Waals surface area contributed by atoms with Gasteiger partial charge < -0.3 is 14.5 Å². The molecule has 0 radical (unpaired) electrons. The van der Waals surface area contributed by atoms with E-state index in [0.717, 1.165) is 30.2 Å². The third-order valence-corrected chi connectivity index (χ3v) is 6.10. The molecule has 3 aromatic rings. The number of rotatable bonds is 5. The molecule has 0 spiro atoms. The van der Waals surface area contributed by atoms with Gasteiger partial charge in [-0.2, -0.15) is 5.10 Å². The Labute approximate surface area is 187 Å². The summed E-state index contributed by atoms with van der Waals surface area (Å²) in [7, 11) is 0. The van der Waals surface area contributed by atoms with Crippen LogP contribution in [0.4, 0.5) is 5.95 Å². The maximum absolute atomic E-state index is 13.8. The molecule has 2 aliphatic heterocycles. The first-order valence-electron chi connectivity index (χ1n) is 11.1. The van der Waals surface area contributed by atoms with E-state index in [1.807, 2.05) is 37.8 Å². The number of ether oxygens (including phenoxy) is 1. The Kier molecular flexibility index (Phi) is 5.24. The molecule has 0 saturated carbocycles. The number of carbonyl (C=O) groups excluding carboxylic acids is 1. The molecule has 166 valence electrons. The third kappa shape index (κ3) is 3.57. The van der Waals surface area contributed by atoms with Gasteiger partial charge in [0, 0.05) is 55.2 Å². The highest BCUT2D eigenvalue weighted by Gasteiger charge is 2.43. The van der Waals surface area contributed by atoms with Crippen LogP contribution in [0.5, 0.6) is 5.75 Å². The minimum Gasteiger partial charge on any atom is -0.493 e. The molecule has 2 fully saturated rings. The van der Waals surface area contributed by atoms with E-state index in [9.17, 15) is 4.79 Å². The number of hydrogen-bond acceptors (Lipinski definition) is 7. The van der Waals surface area contributed by atoms with Crippen molar-refractivity contribution in [1.29, 1.82) is 0 Å². The van der Waals surface area contributed by atoms with Gasteiger partial charge >= 0.3 is 0 Å². The van der Waals surface area contributed by atoms with Crippen molar-refractivity contribution in [2.75, 3.05) is 24.6 Å². The zero-order chi connectivity index (χ0) is 22.2. The molecular formula is C23H27N7O2. The van der Waals surface area contributed by atoms with E-state index in [-0.39, 0.29) is 18.0 Å². The first-order chi connectivity index (χ1) is 15.5. The Balaban J connectivity index is 1.46. The summed E-state index contributed by atoms with van der Waals surface area (Å²) in [5, 5.41) is 4.29. The second-order valence-corrected chi connectivity index (χ2v) is 8.34. The molecule has 2 bridgehead atoms. The number of amides is 1. The third-order valence-electron chi connectivity index (χ3n) is 6.10. The lowest BCUT2D eigenvalue weighted by Crippen LogP contribution is -2.56.